The molecule has 1 atom stereocenters. The first-order valence-corrected chi connectivity index (χ1v) is 8.21. The highest BCUT2D eigenvalue weighted by molar-refractivity contribution is 8.00. The summed E-state index contributed by atoms with van der Waals surface area (Å²) < 4.78 is 5.22. The standard InChI is InChI=1S/C16H15Cl2NO2S/c1-10(22-15-11(17)6-5-7-12(15)18)16(20)19-13-8-3-4-9-14(13)21-2/h3-10H,1-2H3,(H,19,20)/t10-/m0/s1. The van der Waals surface area contributed by atoms with E-state index in [0.29, 0.717) is 26.4 Å². The van der Waals surface area contributed by atoms with Crippen LogP contribution in [0.2, 0.25) is 10.0 Å². The summed E-state index contributed by atoms with van der Waals surface area (Å²) in [5, 5.41) is 3.56. The molecular formula is C16H15Cl2NO2S. The van der Waals surface area contributed by atoms with E-state index in [-0.39, 0.29) is 11.2 Å². The quantitative estimate of drug-likeness (QED) is 0.756. The smallest absolute Gasteiger partial charge is 0.237 e. The third kappa shape index (κ3) is 4.09. The number of halogens is 2. The molecule has 0 heterocycles. The summed E-state index contributed by atoms with van der Waals surface area (Å²) >= 11 is 13.6. The van der Waals surface area contributed by atoms with Gasteiger partial charge >= 0.3 is 0 Å². The molecule has 22 heavy (non-hydrogen) atoms. The molecule has 0 aliphatic carbocycles. The van der Waals surface area contributed by atoms with E-state index in [1.807, 2.05) is 12.1 Å². The van der Waals surface area contributed by atoms with Crippen LogP contribution in [0.25, 0.3) is 0 Å². The molecule has 6 heteroatoms. The summed E-state index contributed by atoms with van der Waals surface area (Å²) in [7, 11) is 1.56. The van der Waals surface area contributed by atoms with Crippen molar-refractivity contribution in [2.75, 3.05) is 12.4 Å². The van der Waals surface area contributed by atoms with Crippen molar-refractivity contribution in [1.29, 1.82) is 0 Å². The number of methoxy groups -OCH3 is 1. The third-order valence-electron chi connectivity index (χ3n) is 2.95. The minimum absolute atomic E-state index is 0.148. The molecule has 0 bridgehead atoms. The Labute approximate surface area is 144 Å². The molecule has 0 spiro atoms. The number of para-hydroxylation sites is 2. The lowest BCUT2D eigenvalue weighted by atomic mass is 10.3. The summed E-state index contributed by atoms with van der Waals surface area (Å²) in [5.74, 6) is 0.467. The fraction of sp³-hybridized carbons (Fsp3) is 0.188. The fourth-order valence-electron chi connectivity index (χ4n) is 1.81. The number of hydrogen-bond acceptors (Lipinski definition) is 3. The van der Waals surface area contributed by atoms with E-state index in [2.05, 4.69) is 5.32 Å². The van der Waals surface area contributed by atoms with E-state index in [0.717, 1.165) is 0 Å². The summed E-state index contributed by atoms with van der Waals surface area (Å²) in [6.07, 6.45) is 0. The van der Waals surface area contributed by atoms with E-state index < -0.39 is 0 Å². The van der Waals surface area contributed by atoms with Gasteiger partial charge in [0.05, 0.1) is 28.1 Å². The van der Waals surface area contributed by atoms with Gasteiger partial charge in [-0.25, -0.2) is 0 Å². The van der Waals surface area contributed by atoms with Crippen LogP contribution >= 0.6 is 35.0 Å². The number of amides is 1. The number of carbonyl (C=O) groups is 1. The van der Waals surface area contributed by atoms with E-state index in [9.17, 15) is 4.79 Å². The Kier molecular flexibility index (Phi) is 6.00. The van der Waals surface area contributed by atoms with Gasteiger partial charge in [0.1, 0.15) is 5.75 Å². The topological polar surface area (TPSA) is 38.3 Å². The molecule has 0 saturated heterocycles. The third-order valence-corrected chi connectivity index (χ3v) is 5.04. The van der Waals surface area contributed by atoms with Gasteiger partial charge in [-0.3, -0.25) is 4.79 Å². The van der Waals surface area contributed by atoms with Crippen molar-refractivity contribution in [3.05, 3.63) is 52.5 Å². The summed E-state index contributed by atoms with van der Waals surface area (Å²) in [6.45, 7) is 1.80. The monoisotopic (exact) mass is 355 g/mol. The Balaban J connectivity index is 2.10. The second-order valence-electron chi connectivity index (χ2n) is 4.50. The van der Waals surface area contributed by atoms with Gasteiger partial charge in [-0.15, -0.1) is 11.8 Å². The number of benzene rings is 2. The van der Waals surface area contributed by atoms with Crippen LogP contribution in [0.5, 0.6) is 5.75 Å². The van der Waals surface area contributed by atoms with Crippen LogP contribution in [0.1, 0.15) is 6.92 Å². The first kappa shape index (κ1) is 17.0. The normalized spacial score (nSPS) is 11.8. The SMILES string of the molecule is COc1ccccc1NC(=O)[C@H](C)Sc1c(Cl)cccc1Cl. The molecule has 0 saturated carbocycles. The van der Waals surface area contributed by atoms with Crippen molar-refractivity contribution >= 4 is 46.6 Å². The first-order chi connectivity index (χ1) is 10.5. The Morgan fingerprint density at radius 3 is 2.41 bits per heavy atom. The molecule has 0 radical (unpaired) electrons. The van der Waals surface area contributed by atoms with Gasteiger partial charge < -0.3 is 10.1 Å². The highest BCUT2D eigenvalue weighted by Gasteiger charge is 2.19. The molecule has 3 nitrogen and oxygen atoms in total. The number of thioether (sulfide) groups is 1. The molecule has 2 aromatic rings. The van der Waals surface area contributed by atoms with Crippen LogP contribution in [-0.2, 0) is 4.79 Å². The van der Waals surface area contributed by atoms with Crippen LogP contribution in [-0.4, -0.2) is 18.3 Å². The predicted octanol–water partition coefficient (Wildman–Crippen LogP) is 5.12. The van der Waals surface area contributed by atoms with Gasteiger partial charge in [0, 0.05) is 4.90 Å². The Morgan fingerprint density at radius 1 is 1.14 bits per heavy atom. The van der Waals surface area contributed by atoms with Crippen LogP contribution in [0.15, 0.2) is 47.4 Å². The van der Waals surface area contributed by atoms with Crippen LogP contribution in [0, 0.1) is 0 Å². The number of ether oxygens (including phenoxy) is 1. The number of hydrogen-bond donors (Lipinski definition) is 1. The maximum absolute atomic E-state index is 12.3. The number of anilines is 1. The summed E-state index contributed by atoms with van der Waals surface area (Å²) in [5.41, 5.74) is 0.632. The zero-order valence-electron chi connectivity index (χ0n) is 12.1. The number of carbonyl (C=O) groups excluding carboxylic acids is 1. The van der Waals surface area contributed by atoms with Crippen molar-refractivity contribution < 1.29 is 9.53 Å². The van der Waals surface area contributed by atoms with E-state index in [1.54, 1.807) is 44.4 Å². The number of rotatable bonds is 5. The zero-order valence-corrected chi connectivity index (χ0v) is 14.4. The molecule has 1 N–H and O–H groups in total. The molecule has 0 unspecified atom stereocenters. The van der Waals surface area contributed by atoms with E-state index >= 15 is 0 Å². The number of nitrogens with one attached hydrogen (secondary N) is 1. The summed E-state index contributed by atoms with van der Waals surface area (Å²) in [6, 6.07) is 12.5. The van der Waals surface area contributed by atoms with Crippen molar-refractivity contribution in [1.82, 2.24) is 0 Å². The maximum Gasteiger partial charge on any atom is 0.237 e. The minimum atomic E-state index is -0.359. The molecule has 1 amide bonds. The van der Waals surface area contributed by atoms with E-state index in [4.69, 9.17) is 27.9 Å². The lowest BCUT2D eigenvalue weighted by molar-refractivity contribution is -0.115. The minimum Gasteiger partial charge on any atom is -0.495 e. The average molecular weight is 356 g/mol. The van der Waals surface area contributed by atoms with Crippen molar-refractivity contribution in [3.63, 3.8) is 0 Å². The zero-order chi connectivity index (χ0) is 16.1. The van der Waals surface area contributed by atoms with Crippen molar-refractivity contribution in [2.45, 2.75) is 17.1 Å². The van der Waals surface area contributed by atoms with Crippen LogP contribution in [0.4, 0.5) is 5.69 Å². The van der Waals surface area contributed by atoms with Gasteiger partial charge in [0.25, 0.3) is 0 Å². The lowest BCUT2D eigenvalue weighted by Crippen LogP contribution is -2.22. The largest absolute Gasteiger partial charge is 0.495 e. The molecule has 0 fully saturated rings. The molecular weight excluding hydrogens is 341 g/mol. The Bertz CT molecular complexity index is 659. The van der Waals surface area contributed by atoms with Crippen LogP contribution < -0.4 is 10.1 Å². The van der Waals surface area contributed by atoms with Crippen LogP contribution in [0.3, 0.4) is 0 Å². The Morgan fingerprint density at radius 2 is 1.77 bits per heavy atom. The van der Waals surface area contributed by atoms with Crippen molar-refractivity contribution in [2.24, 2.45) is 0 Å². The average Bonchev–Trinajstić information content (AvgIpc) is 2.51. The van der Waals surface area contributed by atoms with Gasteiger partial charge in [0.15, 0.2) is 0 Å². The second kappa shape index (κ2) is 7.77. The molecule has 2 rings (SSSR count). The molecule has 116 valence electrons. The Hall–Kier alpha value is -1.36. The van der Waals surface area contributed by atoms with Crippen molar-refractivity contribution in [3.8, 4) is 5.75 Å². The molecule has 0 aliphatic heterocycles. The van der Waals surface area contributed by atoms with E-state index in [1.165, 1.54) is 11.8 Å². The fourth-order valence-corrected chi connectivity index (χ4v) is 3.35. The molecule has 0 aliphatic rings. The maximum atomic E-state index is 12.3. The molecule has 0 aromatic heterocycles. The van der Waals surface area contributed by atoms with Gasteiger partial charge in [0.2, 0.25) is 5.91 Å². The molecule has 2 aromatic carbocycles. The first-order valence-electron chi connectivity index (χ1n) is 6.57. The van der Waals surface area contributed by atoms with Gasteiger partial charge in [-0.1, -0.05) is 41.4 Å². The highest BCUT2D eigenvalue weighted by atomic mass is 35.5. The second-order valence-corrected chi connectivity index (χ2v) is 6.67. The van der Waals surface area contributed by atoms with Gasteiger partial charge in [-0.2, -0.15) is 0 Å². The predicted molar refractivity (Wildman–Crippen MR) is 93.4 cm³/mol. The highest BCUT2D eigenvalue weighted by Crippen LogP contribution is 2.36. The van der Waals surface area contributed by atoms with Gasteiger partial charge in [-0.05, 0) is 31.2 Å². The summed E-state index contributed by atoms with van der Waals surface area (Å²) in [4.78, 5) is 13.0. The lowest BCUT2D eigenvalue weighted by Gasteiger charge is -2.15.